The lowest BCUT2D eigenvalue weighted by atomic mass is 10.1. The molecule has 0 spiro atoms. The van der Waals surface area contributed by atoms with E-state index in [1.165, 1.54) is 11.1 Å². The van der Waals surface area contributed by atoms with Gasteiger partial charge in [-0.15, -0.1) is 0 Å². The zero-order valence-corrected chi connectivity index (χ0v) is 10.6. The summed E-state index contributed by atoms with van der Waals surface area (Å²) in [5, 5.41) is 0. The van der Waals surface area contributed by atoms with Gasteiger partial charge < -0.3 is 0 Å². The number of para-hydroxylation sites is 1. The van der Waals surface area contributed by atoms with E-state index in [2.05, 4.69) is 42.8 Å². The average Bonchev–Trinajstić information content (AvgIpc) is 2.38. The molecule has 0 saturated heterocycles. The number of nitrogens with zero attached hydrogens (tertiary/aromatic N) is 1. The smallest absolute Gasteiger partial charge is 0.0777 e. The van der Waals surface area contributed by atoms with Gasteiger partial charge in [0.25, 0.3) is 0 Å². The molecule has 1 heteroatoms. The van der Waals surface area contributed by atoms with E-state index in [0.717, 1.165) is 11.3 Å². The van der Waals surface area contributed by atoms with Gasteiger partial charge in [-0.25, -0.2) is 4.99 Å². The number of aryl methyl sites for hydroxylation is 2. The molecule has 0 unspecified atom stereocenters. The van der Waals surface area contributed by atoms with E-state index in [-0.39, 0.29) is 0 Å². The Balaban J connectivity index is 2.16. The summed E-state index contributed by atoms with van der Waals surface area (Å²) >= 11 is 0. The minimum atomic E-state index is 1.01. The topological polar surface area (TPSA) is 12.4 Å². The van der Waals surface area contributed by atoms with Crippen LogP contribution in [0.1, 0.15) is 16.7 Å². The Hall–Kier alpha value is -2.33. The molecule has 0 bridgehead atoms. The maximum absolute atomic E-state index is 4.42. The molecular weight excluding hydrogens is 218 g/mol. The van der Waals surface area contributed by atoms with Crippen molar-refractivity contribution in [3.63, 3.8) is 0 Å². The largest absolute Gasteiger partial charge is 0.247 e. The van der Waals surface area contributed by atoms with E-state index in [0.29, 0.717) is 0 Å². The summed E-state index contributed by atoms with van der Waals surface area (Å²) in [6, 6.07) is 16.1. The Morgan fingerprint density at radius 1 is 0.889 bits per heavy atom. The van der Waals surface area contributed by atoms with Crippen LogP contribution < -0.4 is 0 Å². The van der Waals surface area contributed by atoms with Crippen molar-refractivity contribution in [3.05, 3.63) is 65.2 Å². The SMILES string of the molecule is Cc1cccc(C)c1N=CC#Cc1ccccc1. The molecule has 88 valence electrons. The molecule has 1 nitrogen and oxygen atoms in total. The number of hydrogen-bond acceptors (Lipinski definition) is 1. The second kappa shape index (κ2) is 5.84. The minimum absolute atomic E-state index is 1.01. The summed E-state index contributed by atoms with van der Waals surface area (Å²) in [6.45, 7) is 4.12. The van der Waals surface area contributed by atoms with Gasteiger partial charge in [0.2, 0.25) is 0 Å². The van der Waals surface area contributed by atoms with E-state index in [1.807, 2.05) is 36.4 Å². The quantitative estimate of drug-likeness (QED) is 0.520. The van der Waals surface area contributed by atoms with Crippen LogP contribution in [0.5, 0.6) is 0 Å². The summed E-state index contributed by atoms with van der Waals surface area (Å²) in [7, 11) is 0. The minimum Gasteiger partial charge on any atom is -0.247 e. The number of benzene rings is 2. The first-order chi connectivity index (χ1) is 8.77. The molecule has 0 aliphatic carbocycles. The van der Waals surface area contributed by atoms with E-state index in [9.17, 15) is 0 Å². The lowest BCUT2D eigenvalue weighted by molar-refractivity contribution is 1.33. The standard InChI is InChI=1S/C17H15N/c1-14-8-6-9-15(2)17(14)18-13-7-12-16-10-4-3-5-11-16/h3-6,8-11,13H,1-2H3. The first kappa shape index (κ1) is 12.1. The zero-order chi connectivity index (χ0) is 12.8. The fourth-order valence-electron chi connectivity index (χ4n) is 1.74. The second-order valence-corrected chi connectivity index (χ2v) is 4.13. The number of hydrogen-bond donors (Lipinski definition) is 0. The first-order valence-corrected chi connectivity index (χ1v) is 5.93. The Labute approximate surface area is 108 Å². The molecule has 0 atom stereocenters. The monoisotopic (exact) mass is 233 g/mol. The summed E-state index contributed by atoms with van der Waals surface area (Å²) in [5.74, 6) is 6.02. The molecule has 0 amide bonds. The maximum atomic E-state index is 4.42. The molecule has 2 rings (SSSR count). The highest BCUT2D eigenvalue weighted by Crippen LogP contribution is 2.22. The lowest BCUT2D eigenvalue weighted by Gasteiger charge is -2.01. The van der Waals surface area contributed by atoms with Crippen molar-refractivity contribution in [2.75, 3.05) is 0 Å². The van der Waals surface area contributed by atoms with Crippen LogP contribution in [0.3, 0.4) is 0 Å². The van der Waals surface area contributed by atoms with Gasteiger partial charge in [-0.1, -0.05) is 42.3 Å². The van der Waals surface area contributed by atoms with E-state index < -0.39 is 0 Å². The van der Waals surface area contributed by atoms with Crippen LogP contribution in [-0.4, -0.2) is 6.21 Å². The summed E-state index contributed by atoms with van der Waals surface area (Å²) < 4.78 is 0. The maximum Gasteiger partial charge on any atom is 0.0777 e. The Kier molecular flexibility index (Phi) is 3.94. The predicted molar refractivity (Wildman–Crippen MR) is 77.4 cm³/mol. The van der Waals surface area contributed by atoms with Crippen molar-refractivity contribution in [1.29, 1.82) is 0 Å². The van der Waals surface area contributed by atoms with E-state index in [4.69, 9.17) is 0 Å². The van der Waals surface area contributed by atoms with Crippen molar-refractivity contribution in [1.82, 2.24) is 0 Å². The van der Waals surface area contributed by atoms with Crippen LogP contribution in [0.15, 0.2) is 53.5 Å². The first-order valence-electron chi connectivity index (χ1n) is 5.93. The van der Waals surface area contributed by atoms with Crippen molar-refractivity contribution < 1.29 is 0 Å². The third-order valence-electron chi connectivity index (χ3n) is 2.69. The van der Waals surface area contributed by atoms with Crippen LogP contribution in [0.2, 0.25) is 0 Å². The molecule has 0 heterocycles. The molecule has 2 aromatic carbocycles. The van der Waals surface area contributed by atoms with Crippen molar-refractivity contribution in [2.24, 2.45) is 4.99 Å². The van der Waals surface area contributed by atoms with Gasteiger partial charge in [-0.05, 0) is 43.0 Å². The second-order valence-electron chi connectivity index (χ2n) is 4.13. The number of aliphatic imine (C=N–C) groups is 1. The van der Waals surface area contributed by atoms with Gasteiger partial charge in [-0.3, -0.25) is 0 Å². The van der Waals surface area contributed by atoms with Gasteiger partial charge in [0, 0.05) is 5.56 Å². The average molecular weight is 233 g/mol. The van der Waals surface area contributed by atoms with Gasteiger partial charge in [0.1, 0.15) is 0 Å². The zero-order valence-electron chi connectivity index (χ0n) is 10.6. The summed E-state index contributed by atoms with van der Waals surface area (Å²) in [4.78, 5) is 4.42. The Morgan fingerprint density at radius 3 is 2.22 bits per heavy atom. The summed E-state index contributed by atoms with van der Waals surface area (Å²) in [5.41, 5.74) is 4.37. The van der Waals surface area contributed by atoms with Gasteiger partial charge in [0.05, 0.1) is 11.9 Å². The summed E-state index contributed by atoms with van der Waals surface area (Å²) in [6.07, 6.45) is 1.67. The predicted octanol–water partition coefficient (Wildman–Crippen LogP) is 4.06. The molecule has 0 aliphatic heterocycles. The highest BCUT2D eigenvalue weighted by Gasteiger charge is 1.97. The van der Waals surface area contributed by atoms with Crippen LogP contribution in [0, 0.1) is 25.7 Å². The van der Waals surface area contributed by atoms with Crippen LogP contribution in [0.25, 0.3) is 0 Å². The molecule has 0 radical (unpaired) electrons. The molecule has 0 saturated carbocycles. The van der Waals surface area contributed by atoms with Crippen LogP contribution >= 0.6 is 0 Å². The fraction of sp³-hybridized carbons (Fsp3) is 0.118. The van der Waals surface area contributed by atoms with Crippen molar-refractivity contribution >= 4 is 11.9 Å². The third kappa shape index (κ3) is 3.09. The Morgan fingerprint density at radius 2 is 1.56 bits per heavy atom. The fourth-order valence-corrected chi connectivity index (χ4v) is 1.74. The van der Waals surface area contributed by atoms with Gasteiger partial charge >= 0.3 is 0 Å². The van der Waals surface area contributed by atoms with Crippen molar-refractivity contribution in [3.8, 4) is 11.8 Å². The molecule has 0 aliphatic rings. The third-order valence-corrected chi connectivity index (χ3v) is 2.69. The van der Waals surface area contributed by atoms with Crippen LogP contribution in [-0.2, 0) is 0 Å². The van der Waals surface area contributed by atoms with Gasteiger partial charge in [-0.2, -0.15) is 0 Å². The normalized spacial score (nSPS) is 10.1. The molecule has 0 N–H and O–H groups in total. The number of rotatable bonds is 1. The lowest BCUT2D eigenvalue weighted by Crippen LogP contribution is -1.80. The Bertz CT molecular complexity index is 593. The van der Waals surface area contributed by atoms with Crippen molar-refractivity contribution in [2.45, 2.75) is 13.8 Å². The highest BCUT2D eigenvalue weighted by atomic mass is 14.7. The van der Waals surface area contributed by atoms with Crippen LogP contribution in [0.4, 0.5) is 5.69 Å². The van der Waals surface area contributed by atoms with E-state index in [1.54, 1.807) is 6.21 Å². The highest BCUT2D eigenvalue weighted by molar-refractivity contribution is 5.82. The molecule has 18 heavy (non-hydrogen) atoms. The molecule has 0 fully saturated rings. The van der Waals surface area contributed by atoms with E-state index >= 15 is 0 Å². The molecule has 2 aromatic rings. The molecule has 0 aromatic heterocycles. The van der Waals surface area contributed by atoms with Gasteiger partial charge in [0.15, 0.2) is 0 Å². The molecular formula is C17H15N.